The molecule has 0 atom stereocenters. The fourth-order valence-corrected chi connectivity index (χ4v) is 4.18. The Balaban J connectivity index is 1.54. The second kappa shape index (κ2) is 6.78. The van der Waals surface area contributed by atoms with Crippen molar-refractivity contribution in [2.45, 2.75) is 0 Å². The van der Waals surface area contributed by atoms with E-state index in [4.69, 9.17) is 15.5 Å². The summed E-state index contributed by atoms with van der Waals surface area (Å²) in [5, 5.41) is 8.66. The van der Waals surface area contributed by atoms with Crippen LogP contribution in [-0.2, 0) is 4.74 Å². The first-order chi connectivity index (χ1) is 15.2. The Bertz CT molecular complexity index is 1460. The third kappa shape index (κ3) is 2.89. The predicted molar refractivity (Wildman–Crippen MR) is 118 cm³/mol. The predicted octanol–water partition coefficient (Wildman–Crippen LogP) is 2.59. The number of aromatic amines is 2. The Morgan fingerprint density at radius 1 is 1.13 bits per heavy atom. The maximum Gasteiger partial charge on any atom is 0.250 e. The molecule has 1 saturated heterocycles. The summed E-state index contributed by atoms with van der Waals surface area (Å²) in [4.78, 5) is 27.2. The van der Waals surface area contributed by atoms with Gasteiger partial charge in [0.1, 0.15) is 0 Å². The minimum Gasteiger partial charge on any atom is -0.378 e. The van der Waals surface area contributed by atoms with E-state index in [9.17, 15) is 4.79 Å². The highest BCUT2D eigenvalue weighted by Crippen LogP contribution is 2.32. The lowest BCUT2D eigenvalue weighted by atomic mass is 10.1. The van der Waals surface area contributed by atoms with Crippen molar-refractivity contribution < 1.29 is 9.53 Å². The summed E-state index contributed by atoms with van der Waals surface area (Å²) in [6.45, 7) is 3.14. The maximum absolute atomic E-state index is 12.3. The van der Waals surface area contributed by atoms with Crippen molar-refractivity contribution in [3.8, 4) is 11.3 Å². The molecule has 154 valence electrons. The molecule has 1 fully saturated rings. The van der Waals surface area contributed by atoms with Gasteiger partial charge in [-0.2, -0.15) is 5.10 Å². The van der Waals surface area contributed by atoms with Crippen molar-refractivity contribution in [3.63, 3.8) is 0 Å². The Morgan fingerprint density at radius 3 is 2.84 bits per heavy atom. The van der Waals surface area contributed by atoms with Crippen molar-refractivity contribution >= 4 is 44.6 Å². The molecule has 0 spiro atoms. The minimum atomic E-state index is -0.508. The molecule has 0 bridgehead atoms. The number of morpholine rings is 1. The number of carbonyl (C=O) groups excluding carboxylic acids is 1. The summed E-state index contributed by atoms with van der Waals surface area (Å²) < 4.78 is 5.45. The average molecular weight is 413 g/mol. The lowest BCUT2D eigenvalue weighted by Gasteiger charge is -2.28. The standard InChI is InChI=1S/C22H19N7O2/c23-21(30)16-9-17(12-7-13-11-25-28-22(13)24-10-12)26-19-15-2-1-14(8-18(15)27-20(16)19)29-3-5-31-6-4-29/h1-2,7-11,27H,3-6H2,(H2,23,30)(H,24,25,28). The van der Waals surface area contributed by atoms with Gasteiger partial charge in [-0.3, -0.25) is 9.89 Å². The maximum atomic E-state index is 12.3. The number of anilines is 1. The molecule has 0 radical (unpaired) electrons. The highest BCUT2D eigenvalue weighted by atomic mass is 16.5. The van der Waals surface area contributed by atoms with E-state index in [2.05, 4.69) is 37.2 Å². The van der Waals surface area contributed by atoms with E-state index < -0.39 is 5.91 Å². The monoisotopic (exact) mass is 413 g/mol. The number of nitrogens with two attached hydrogens (primary N) is 1. The number of benzene rings is 1. The Hall–Kier alpha value is -3.98. The van der Waals surface area contributed by atoms with Crippen molar-refractivity contribution in [2.24, 2.45) is 5.73 Å². The zero-order valence-electron chi connectivity index (χ0n) is 16.6. The van der Waals surface area contributed by atoms with E-state index in [0.717, 1.165) is 53.8 Å². The van der Waals surface area contributed by atoms with Gasteiger partial charge >= 0.3 is 0 Å². The van der Waals surface area contributed by atoms with Gasteiger partial charge in [0, 0.05) is 41.3 Å². The zero-order valence-corrected chi connectivity index (χ0v) is 16.6. The van der Waals surface area contributed by atoms with E-state index in [0.29, 0.717) is 27.9 Å². The van der Waals surface area contributed by atoms with Crippen LogP contribution in [0, 0.1) is 0 Å². The molecule has 1 aliphatic rings. The van der Waals surface area contributed by atoms with Crippen LogP contribution in [-0.4, -0.2) is 57.4 Å². The van der Waals surface area contributed by atoms with Crippen LogP contribution in [0.25, 0.3) is 44.2 Å². The first-order valence-electron chi connectivity index (χ1n) is 10.1. The molecule has 1 aliphatic heterocycles. The van der Waals surface area contributed by atoms with E-state index in [1.54, 1.807) is 18.5 Å². The molecule has 0 saturated carbocycles. The molecule has 4 N–H and O–H groups in total. The molecule has 4 aromatic heterocycles. The van der Waals surface area contributed by atoms with Gasteiger partial charge in [0.25, 0.3) is 5.91 Å². The van der Waals surface area contributed by atoms with Gasteiger partial charge in [0.2, 0.25) is 0 Å². The van der Waals surface area contributed by atoms with Gasteiger partial charge in [-0.25, -0.2) is 9.97 Å². The molecule has 31 heavy (non-hydrogen) atoms. The first-order valence-corrected chi connectivity index (χ1v) is 10.1. The fraction of sp³-hybridized carbons (Fsp3) is 0.182. The largest absolute Gasteiger partial charge is 0.378 e. The summed E-state index contributed by atoms with van der Waals surface area (Å²) >= 11 is 0. The molecule has 1 aromatic carbocycles. The quantitative estimate of drug-likeness (QED) is 0.417. The molecule has 1 amide bonds. The third-order valence-corrected chi connectivity index (χ3v) is 5.77. The first kappa shape index (κ1) is 17.8. The zero-order chi connectivity index (χ0) is 20.9. The van der Waals surface area contributed by atoms with Crippen molar-refractivity contribution in [2.75, 3.05) is 31.2 Å². The smallest absolute Gasteiger partial charge is 0.250 e. The number of ether oxygens (including phenoxy) is 1. The Labute approximate surface area is 176 Å². The highest BCUT2D eigenvalue weighted by Gasteiger charge is 2.18. The summed E-state index contributed by atoms with van der Waals surface area (Å²) in [7, 11) is 0. The minimum absolute atomic E-state index is 0.399. The number of amides is 1. The molecular formula is C22H19N7O2. The van der Waals surface area contributed by atoms with Gasteiger partial charge in [0.05, 0.1) is 47.2 Å². The number of fused-ring (bicyclic) bond motifs is 4. The van der Waals surface area contributed by atoms with E-state index in [1.165, 1.54) is 0 Å². The fourth-order valence-electron chi connectivity index (χ4n) is 4.18. The topological polar surface area (TPSA) is 126 Å². The number of aromatic nitrogens is 5. The molecular weight excluding hydrogens is 394 g/mol. The van der Waals surface area contributed by atoms with Crippen LogP contribution in [0.4, 0.5) is 5.69 Å². The Kier molecular flexibility index (Phi) is 3.90. The normalized spacial score (nSPS) is 14.6. The van der Waals surface area contributed by atoms with Crippen molar-refractivity contribution in [3.05, 3.63) is 48.3 Å². The van der Waals surface area contributed by atoms with Gasteiger partial charge in [-0.05, 0) is 30.3 Å². The van der Waals surface area contributed by atoms with Gasteiger partial charge < -0.3 is 20.4 Å². The number of H-pyrrole nitrogens is 2. The number of rotatable bonds is 3. The van der Waals surface area contributed by atoms with Crippen LogP contribution >= 0.6 is 0 Å². The van der Waals surface area contributed by atoms with Crippen LogP contribution in [0.1, 0.15) is 10.4 Å². The second-order valence-corrected chi connectivity index (χ2v) is 7.63. The molecule has 9 heteroatoms. The molecule has 9 nitrogen and oxygen atoms in total. The molecule has 0 aliphatic carbocycles. The molecule has 5 aromatic rings. The SMILES string of the molecule is NC(=O)c1cc(-c2cnc3[nH]ncc3c2)nc2c1[nH]c1cc(N3CCOCC3)ccc12. The number of nitrogens with zero attached hydrogens (tertiary/aromatic N) is 4. The Morgan fingerprint density at radius 2 is 2.00 bits per heavy atom. The van der Waals surface area contributed by atoms with Crippen molar-refractivity contribution in [1.82, 2.24) is 25.1 Å². The van der Waals surface area contributed by atoms with Crippen LogP contribution in [0.2, 0.25) is 0 Å². The average Bonchev–Trinajstić information content (AvgIpc) is 3.42. The van der Waals surface area contributed by atoms with E-state index in [-0.39, 0.29) is 0 Å². The number of pyridine rings is 2. The summed E-state index contributed by atoms with van der Waals surface area (Å²) in [5.41, 5.74) is 11.6. The third-order valence-electron chi connectivity index (χ3n) is 5.77. The summed E-state index contributed by atoms with van der Waals surface area (Å²) in [6.07, 6.45) is 3.42. The number of carbonyl (C=O) groups is 1. The van der Waals surface area contributed by atoms with Crippen LogP contribution < -0.4 is 10.6 Å². The molecule has 5 heterocycles. The van der Waals surface area contributed by atoms with Crippen molar-refractivity contribution in [1.29, 1.82) is 0 Å². The van der Waals surface area contributed by atoms with Crippen LogP contribution in [0.3, 0.4) is 0 Å². The van der Waals surface area contributed by atoms with Gasteiger partial charge in [0.15, 0.2) is 5.65 Å². The van der Waals surface area contributed by atoms with E-state index in [1.807, 2.05) is 12.1 Å². The van der Waals surface area contributed by atoms with E-state index >= 15 is 0 Å². The number of nitrogens with one attached hydrogen (secondary N) is 2. The summed E-state index contributed by atoms with van der Waals surface area (Å²) in [5.74, 6) is -0.508. The van der Waals surface area contributed by atoms with Gasteiger partial charge in [-0.1, -0.05) is 0 Å². The second-order valence-electron chi connectivity index (χ2n) is 7.63. The van der Waals surface area contributed by atoms with Crippen LogP contribution in [0.5, 0.6) is 0 Å². The number of primary amides is 1. The number of hydrogen-bond donors (Lipinski definition) is 3. The van der Waals surface area contributed by atoms with Gasteiger partial charge in [-0.15, -0.1) is 0 Å². The lowest BCUT2D eigenvalue weighted by Crippen LogP contribution is -2.36. The highest BCUT2D eigenvalue weighted by molar-refractivity contribution is 6.14. The number of hydrogen-bond acceptors (Lipinski definition) is 6. The molecule has 6 rings (SSSR count). The summed E-state index contributed by atoms with van der Waals surface area (Å²) in [6, 6.07) is 9.87. The lowest BCUT2D eigenvalue weighted by molar-refractivity contribution is 0.100. The molecule has 0 unspecified atom stereocenters. The van der Waals surface area contributed by atoms with Crippen LogP contribution in [0.15, 0.2) is 42.7 Å².